The molecule has 1 atom stereocenters. The van der Waals surface area contributed by atoms with Gasteiger partial charge in [-0.2, -0.15) is 0 Å². The van der Waals surface area contributed by atoms with Crippen molar-refractivity contribution in [2.24, 2.45) is 0 Å². The Bertz CT molecular complexity index is 787. The number of amides is 2. The smallest absolute Gasteiger partial charge is 0.245 e. The monoisotopic (exact) mass is 389 g/mol. The number of nitrogens with zero attached hydrogens (tertiary/aromatic N) is 4. The van der Waals surface area contributed by atoms with Gasteiger partial charge in [-0.3, -0.25) is 14.2 Å². The molecule has 144 valence electrons. The van der Waals surface area contributed by atoms with Crippen LogP contribution in [0, 0.1) is 6.92 Å². The highest BCUT2D eigenvalue weighted by molar-refractivity contribution is 7.99. The number of thioether (sulfide) groups is 1. The first kappa shape index (κ1) is 19.4. The van der Waals surface area contributed by atoms with Crippen LogP contribution in [0.1, 0.15) is 12.5 Å². The van der Waals surface area contributed by atoms with Gasteiger partial charge >= 0.3 is 0 Å². The third-order valence-corrected chi connectivity index (χ3v) is 5.17. The molecule has 0 saturated carbocycles. The lowest BCUT2D eigenvalue weighted by molar-refractivity contribution is -0.139. The minimum Gasteiger partial charge on any atom is -0.378 e. The molecule has 0 radical (unpaired) electrons. The van der Waals surface area contributed by atoms with Gasteiger partial charge in [-0.1, -0.05) is 29.5 Å². The number of hydrogen-bond acceptors (Lipinski definition) is 6. The summed E-state index contributed by atoms with van der Waals surface area (Å²) < 4.78 is 7.08. The zero-order valence-corrected chi connectivity index (χ0v) is 16.2. The Kier molecular flexibility index (Phi) is 6.46. The van der Waals surface area contributed by atoms with Crippen molar-refractivity contribution in [2.45, 2.75) is 25.0 Å². The number of benzene rings is 1. The summed E-state index contributed by atoms with van der Waals surface area (Å²) in [6, 6.07) is 7.41. The highest BCUT2D eigenvalue weighted by Crippen LogP contribution is 2.19. The van der Waals surface area contributed by atoms with E-state index < -0.39 is 6.04 Å². The molecular weight excluding hydrogens is 366 g/mol. The van der Waals surface area contributed by atoms with Crippen LogP contribution >= 0.6 is 11.8 Å². The minimum absolute atomic E-state index is 0.0838. The number of morpholine rings is 1. The summed E-state index contributed by atoms with van der Waals surface area (Å²) in [6.45, 7) is 5.93. The van der Waals surface area contributed by atoms with Crippen LogP contribution in [0.25, 0.3) is 5.69 Å². The van der Waals surface area contributed by atoms with Gasteiger partial charge in [-0.15, -0.1) is 10.2 Å². The van der Waals surface area contributed by atoms with Gasteiger partial charge < -0.3 is 15.0 Å². The van der Waals surface area contributed by atoms with Crippen LogP contribution in [-0.2, 0) is 14.3 Å². The fourth-order valence-corrected chi connectivity index (χ4v) is 3.48. The van der Waals surface area contributed by atoms with Crippen LogP contribution in [0.2, 0.25) is 0 Å². The van der Waals surface area contributed by atoms with Crippen molar-refractivity contribution in [1.82, 2.24) is 25.0 Å². The Morgan fingerprint density at radius 3 is 2.67 bits per heavy atom. The van der Waals surface area contributed by atoms with E-state index in [1.807, 2.05) is 35.8 Å². The largest absolute Gasteiger partial charge is 0.378 e. The number of carbonyl (C=O) groups is 2. The molecule has 2 heterocycles. The summed E-state index contributed by atoms with van der Waals surface area (Å²) in [5, 5.41) is 11.4. The zero-order chi connectivity index (χ0) is 19.2. The van der Waals surface area contributed by atoms with Gasteiger partial charge in [0.2, 0.25) is 11.8 Å². The Labute approximate surface area is 162 Å². The van der Waals surface area contributed by atoms with Crippen LogP contribution in [0.15, 0.2) is 35.7 Å². The predicted octanol–water partition coefficient (Wildman–Crippen LogP) is 1.03. The van der Waals surface area contributed by atoms with Gasteiger partial charge in [-0.05, 0) is 26.0 Å². The maximum atomic E-state index is 12.4. The summed E-state index contributed by atoms with van der Waals surface area (Å²) in [4.78, 5) is 26.3. The van der Waals surface area contributed by atoms with Crippen LogP contribution < -0.4 is 5.32 Å². The van der Waals surface area contributed by atoms with Crippen molar-refractivity contribution in [3.8, 4) is 5.69 Å². The van der Waals surface area contributed by atoms with E-state index in [9.17, 15) is 9.59 Å². The molecule has 0 aliphatic carbocycles. The van der Waals surface area contributed by atoms with Gasteiger partial charge in [0.05, 0.1) is 19.0 Å². The van der Waals surface area contributed by atoms with Crippen molar-refractivity contribution >= 4 is 23.6 Å². The Balaban J connectivity index is 1.53. The van der Waals surface area contributed by atoms with Crippen LogP contribution in [0.5, 0.6) is 0 Å². The highest BCUT2D eigenvalue weighted by atomic mass is 32.2. The molecule has 9 heteroatoms. The van der Waals surface area contributed by atoms with Gasteiger partial charge in [0.15, 0.2) is 5.16 Å². The van der Waals surface area contributed by atoms with Crippen LogP contribution in [0.3, 0.4) is 0 Å². The van der Waals surface area contributed by atoms with E-state index in [0.717, 1.165) is 5.69 Å². The van der Waals surface area contributed by atoms with Crippen molar-refractivity contribution in [3.63, 3.8) is 0 Å². The number of ether oxygens (including phenoxy) is 1. The van der Waals surface area contributed by atoms with Crippen molar-refractivity contribution < 1.29 is 14.3 Å². The lowest BCUT2D eigenvalue weighted by atomic mass is 10.2. The molecule has 8 nitrogen and oxygen atoms in total. The molecule has 1 N–H and O–H groups in total. The van der Waals surface area contributed by atoms with E-state index in [-0.39, 0.29) is 17.6 Å². The molecule has 1 aliphatic heterocycles. The second-order valence-electron chi connectivity index (χ2n) is 6.33. The van der Waals surface area contributed by atoms with E-state index in [0.29, 0.717) is 31.5 Å². The second-order valence-corrected chi connectivity index (χ2v) is 7.28. The molecule has 0 bridgehead atoms. The van der Waals surface area contributed by atoms with E-state index >= 15 is 0 Å². The topological polar surface area (TPSA) is 89.3 Å². The number of rotatable bonds is 6. The van der Waals surface area contributed by atoms with E-state index in [4.69, 9.17) is 4.74 Å². The zero-order valence-electron chi connectivity index (χ0n) is 15.4. The first-order valence-electron chi connectivity index (χ1n) is 8.80. The first-order valence-corrected chi connectivity index (χ1v) is 9.79. The lowest BCUT2D eigenvalue weighted by Crippen LogP contribution is -2.50. The Morgan fingerprint density at radius 2 is 1.96 bits per heavy atom. The average Bonchev–Trinajstić information content (AvgIpc) is 3.15. The predicted molar refractivity (Wildman–Crippen MR) is 102 cm³/mol. The van der Waals surface area contributed by atoms with Crippen LogP contribution in [-0.4, -0.2) is 69.6 Å². The molecule has 1 unspecified atom stereocenters. The lowest BCUT2D eigenvalue weighted by Gasteiger charge is -2.29. The average molecular weight is 389 g/mol. The molecule has 3 rings (SSSR count). The Morgan fingerprint density at radius 1 is 1.26 bits per heavy atom. The fraction of sp³-hybridized carbons (Fsp3) is 0.444. The molecule has 1 saturated heterocycles. The molecule has 1 aromatic carbocycles. The number of aromatic nitrogens is 3. The summed E-state index contributed by atoms with van der Waals surface area (Å²) in [5.74, 6) is -0.141. The van der Waals surface area contributed by atoms with E-state index in [2.05, 4.69) is 15.5 Å². The molecule has 0 spiro atoms. The highest BCUT2D eigenvalue weighted by Gasteiger charge is 2.23. The first-order chi connectivity index (χ1) is 13.0. The molecule has 27 heavy (non-hydrogen) atoms. The maximum absolute atomic E-state index is 12.4. The van der Waals surface area contributed by atoms with Gasteiger partial charge in [0.1, 0.15) is 12.4 Å². The molecular formula is C18H23N5O3S. The van der Waals surface area contributed by atoms with E-state index in [1.54, 1.807) is 18.2 Å². The van der Waals surface area contributed by atoms with Gasteiger partial charge in [0, 0.05) is 18.8 Å². The molecule has 1 fully saturated rings. The third-order valence-electron chi connectivity index (χ3n) is 4.23. The molecule has 1 aromatic heterocycles. The summed E-state index contributed by atoms with van der Waals surface area (Å²) >= 11 is 1.28. The Hall–Kier alpha value is -2.39. The quantitative estimate of drug-likeness (QED) is 0.743. The molecule has 1 aliphatic rings. The number of aryl methyl sites for hydroxylation is 1. The van der Waals surface area contributed by atoms with Crippen LogP contribution in [0.4, 0.5) is 0 Å². The van der Waals surface area contributed by atoms with Crippen molar-refractivity contribution in [2.75, 3.05) is 32.1 Å². The summed E-state index contributed by atoms with van der Waals surface area (Å²) in [7, 11) is 0. The summed E-state index contributed by atoms with van der Waals surface area (Å²) in [5.41, 5.74) is 2.10. The number of nitrogens with one attached hydrogen (secondary N) is 1. The molecule has 2 aromatic rings. The standard InChI is InChI=1S/C18H23N5O3S/c1-13-3-5-15(6-4-13)23-12-19-21-18(23)27-11-16(24)20-14(2)17(25)22-7-9-26-10-8-22/h3-6,12,14H,7-11H2,1-2H3,(H,20,24). The number of carbonyl (C=O) groups excluding carboxylic acids is 2. The van der Waals surface area contributed by atoms with Gasteiger partial charge in [0.25, 0.3) is 0 Å². The van der Waals surface area contributed by atoms with Crippen molar-refractivity contribution in [3.05, 3.63) is 36.2 Å². The fourth-order valence-electron chi connectivity index (χ4n) is 2.74. The molecule has 2 amide bonds. The van der Waals surface area contributed by atoms with Gasteiger partial charge in [-0.25, -0.2) is 0 Å². The SMILES string of the molecule is Cc1ccc(-n2cnnc2SCC(=O)NC(C)C(=O)N2CCOCC2)cc1. The third kappa shape index (κ3) is 5.08. The normalized spacial score (nSPS) is 15.4. The second kappa shape index (κ2) is 9.01. The van der Waals surface area contributed by atoms with Crippen molar-refractivity contribution in [1.29, 1.82) is 0 Å². The van der Waals surface area contributed by atoms with E-state index in [1.165, 1.54) is 17.3 Å². The number of hydrogen-bond donors (Lipinski definition) is 1. The maximum Gasteiger partial charge on any atom is 0.245 e. The summed E-state index contributed by atoms with van der Waals surface area (Å²) in [6.07, 6.45) is 1.62. The minimum atomic E-state index is -0.564.